The average Bonchev–Trinajstić information content (AvgIpc) is 2.64. The highest BCUT2D eigenvalue weighted by Crippen LogP contribution is 2.20. The van der Waals surface area contributed by atoms with Crippen molar-refractivity contribution >= 4 is 0 Å². The minimum atomic E-state index is -0.0508. The van der Waals surface area contributed by atoms with Gasteiger partial charge in [-0.25, -0.2) is 4.98 Å². The van der Waals surface area contributed by atoms with Gasteiger partial charge in [-0.2, -0.15) is 0 Å². The number of rotatable bonds is 2. The van der Waals surface area contributed by atoms with Crippen LogP contribution in [0.3, 0.4) is 0 Å². The second-order valence-corrected chi connectivity index (χ2v) is 3.78. The second kappa shape index (κ2) is 3.87. The molecule has 0 saturated carbocycles. The van der Waals surface area contributed by atoms with Crippen LogP contribution >= 0.6 is 0 Å². The van der Waals surface area contributed by atoms with Crippen molar-refractivity contribution in [1.82, 2.24) is 9.97 Å². The molecule has 0 radical (unpaired) electrons. The Bertz CT molecular complexity index is 454. The number of nitrogens with zero attached hydrogens (tertiary/aromatic N) is 1. The number of hydrogen-bond acceptors (Lipinski definition) is 2. The zero-order valence-electron chi connectivity index (χ0n) is 8.91. The number of aliphatic hydroxyl groups excluding tert-OH is 1. The quantitative estimate of drug-likeness (QED) is 0.784. The summed E-state index contributed by atoms with van der Waals surface area (Å²) in [6.45, 7) is 4.09. The third-order valence-electron chi connectivity index (χ3n) is 2.31. The number of nitrogens with one attached hydrogen (secondary N) is 1. The summed E-state index contributed by atoms with van der Waals surface area (Å²) in [6, 6.07) is 6.33. The number of aromatic amines is 1. The summed E-state index contributed by atoms with van der Waals surface area (Å²) >= 11 is 0. The lowest BCUT2D eigenvalue weighted by Gasteiger charge is -2.02. The Hall–Kier alpha value is -1.61. The van der Waals surface area contributed by atoms with Gasteiger partial charge in [0.2, 0.25) is 0 Å². The van der Waals surface area contributed by atoms with E-state index in [4.69, 9.17) is 5.11 Å². The van der Waals surface area contributed by atoms with E-state index < -0.39 is 0 Å². The first kappa shape index (κ1) is 9.93. The molecule has 2 N–H and O–H groups in total. The van der Waals surface area contributed by atoms with Gasteiger partial charge in [-0.05, 0) is 26.0 Å². The smallest absolute Gasteiger partial charge is 0.132 e. The van der Waals surface area contributed by atoms with Crippen LogP contribution in [0.2, 0.25) is 0 Å². The van der Waals surface area contributed by atoms with E-state index in [1.807, 2.05) is 0 Å². The van der Waals surface area contributed by atoms with E-state index >= 15 is 0 Å². The predicted molar refractivity (Wildman–Crippen MR) is 59.4 cm³/mol. The Morgan fingerprint density at radius 3 is 2.40 bits per heavy atom. The molecule has 2 aromatic rings. The fraction of sp³-hybridized carbons (Fsp3) is 0.250. The number of aryl methyl sites for hydroxylation is 2. The standard InChI is InChI=1S/C12H14N2O/c1-8-3-9(2)5-10(4-8)11-6-13-12(7-15)14-11/h3-6,15H,7H2,1-2H3,(H,13,14). The molecule has 0 fully saturated rings. The molecule has 0 atom stereocenters. The molecule has 0 aliphatic heterocycles. The van der Waals surface area contributed by atoms with Crippen molar-refractivity contribution in [3.63, 3.8) is 0 Å². The molecular formula is C12H14N2O. The van der Waals surface area contributed by atoms with Gasteiger partial charge in [0.15, 0.2) is 0 Å². The summed E-state index contributed by atoms with van der Waals surface area (Å²) in [7, 11) is 0. The maximum Gasteiger partial charge on any atom is 0.132 e. The maximum absolute atomic E-state index is 8.91. The van der Waals surface area contributed by atoms with Crippen LogP contribution in [0.1, 0.15) is 17.0 Å². The summed E-state index contributed by atoms with van der Waals surface area (Å²) in [5.74, 6) is 0.601. The van der Waals surface area contributed by atoms with Gasteiger partial charge in [-0.15, -0.1) is 0 Å². The third-order valence-corrected chi connectivity index (χ3v) is 2.31. The summed E-state index contributed by atoms with van der Waals surface area (Å²) < 4.78 is 0. The lowest BCUT2D eigenvalue weighted by atomic mass is 10.1. The molecule has 3 heteroatoms. The Labute approximate surface area is 88.8 Å². The van der Waals surface area contributed by atoms with Crippen LogP contribution in [-0.4, -0.2) is 15.1 Å². The number of aromatic nitrogens is 2. The lowest BCUT2D eigenvalue weighted by molar-refractivity contribution is 0.272. The molecule has 1 aromatic heterocycles. The normalized spacial score (nSPS) is 10.6. The number of hydrogen-bond donors (Lipinski definition) is 2. The topological polar surface area (TPSA) is 48.9 Å². The Morgan fingerprint density at radius 1 is 1.20 bits per heavy atom. The molecule has 0 spiro atoms. The van der Waals surface area contributed by atoms with Crippen molar-refractivity contribution in [1.29, 1.82) is 0 Å². The number of imidazole rings is 1. The molecule has 1 heterocycles. The van der Waals surface area contributed by atoms with Gasteiger partial charge in [-0.3, -0.25) is 0 Å². The minimum Gasteiger partial charge on any atom is -0.388 e. The first-order valence-corrected chi connectivity index (χ1v) is 4.92. The van der Waals surface area contributed by atoms with E-state index in [2.05, 4.69) is 42.0 Å². The average molecular weight is 202 g/mol. The zero-order chi connectivity index (χ0) is 10.8. The van der Waals surface area contributed by atoms with Gasteiger partial charge in [-0.1, -0.05) is 17.2 Å². The van der Waals surface area contributed by atoms with E-state index in [0.717, 1.165) is 11.3 Å². The largest absolute Gasteiger partial charge is 0.388 e. The van der Waals surface area contributed by atoms with Crippen LogP contribution in [0.4, 0.5) is 0 Å². The number of aliphatic hydroxyl groups is 1. The molecule has 15 heavy (non-hydrogen) atoms. The van der Waals surface area contributed by atoms with Gasteiger partial charge in [0.25, 0.3) is 0 Å². The predicted octanol–water partition coefficient (Wildman–Crippen LogP) is 2.19. The molecule has 0 bridgehead atoms. The maximum atomic E-state index is 8.91. The monoisotopic (exact) mass is 202 g/mol. The van der Waals surface area contributed by atoms with Gasteiger partial charge < -0.3 is 10.1 Å². The zero-order valence-corrected chi connectivity index (χ0v) is 8.91. The van der Waals surface area contributed by atoms with Gasteiger partial charge in [0, 0.05) is 5.56 Å². The van der Waals surface area contributed by atoms with Crippen molar-refractivity contribution < 1.29 is 5.11 Å². The minimum absolute atomic E-state index is 0.0508. The van der Waals surface area contributed by atoms with Crippen LogP contribution < -0.4 is 0 Å². The lowest BCUT2D eigenvalue weighted by Crippen LogP contribution is -1.86. The third kappa shape index (κ3) is 2.07. The molecule has 0 amide bonds. The Morgan fingerprint density at radius 2 is 1.87 bits per heavy atom. The molecule has 0 aliphatic rings. The van der Waals surface area contributed by atoms with E-state index in [1.165, 1.54) is 11.1 Å². The SMILES string of the molecule is Cc1cc(C)cc(-c2cnc(CO)[nH]2)c1. The van der Waals surface area contributed by atoms with Crippen molar-refractivity contribution in [2.45, 2.75) is 20.5 Å². The van der Waals surface area contributed by atoms with E-state index in [-0.39, 0.29) is 6.61 Å². The van der Waals surface area contributed by atoms with Gasteiger partial charge in [0.1, 0.15) is 12.4 Å². The Balaban J connectivity index is 2.44. The van der Waals surface area contributed by atoms with Crippen LogP contribution in [0.5, 0.6) is 0 Å². The molecular weight excluding hydrogens is 188 g/mol. The second-order valence-electron chi connectivity index (χ2n) is 3.78. The molecule has 1 aromatic carbocycles. The van der Waals surface area contributed by atoms with E-state index in [0.29, 0.717) is 5.82 Å². The summed E-state index contributed by atoms with van der Waals surface area (Å²) in [5.41, 5.74) is 4.51. The highest BCUT2D eigenvalue weighted by Gasteiger charge is 2.03. The van der Waals surface area contributed by atoms with Crippen molar-refractivity contribution in [3.05, 3.63) is 41.3 Å². The van der Waals surface area contributed by atoms with Crippen LogP contribution in [0.25, 0.3) is 11.3 Å². The van der Waals surface area contributed by atoms with Crippen molar-refractivity contribution in [3.8, 4) is 11.3 Å². The molecule has 0 aliphatic carbocycles. The molecule has 0 saturated heterocycles. The molecule has 2 rings (SSSR count). The van der Waals surface area contributed by atoms with Gasteiger partial charge in [0.05, 0.1) is 11.9 Å². The number of benzene rings is 1. The first-order chi connectivity index (χ1) is 7.19. The van der Waals surface area contributed by atoms with Crippen LogP contribution in [0.15, 0.2) is 24.4 Å². The van der Waals surface area contributed by atoms with Crippen LogP contribution in [-0.2, 0) is 6.61 Å². The first-order valence-electron chi connectivity index (χ1n) is 4.92. The number of H-pyrrole nitrogens is 1. The van der Waals surface area contributed by atoms with Crippen molar-refractivity contribution in [2.75, 3.05) is 0 Å². The Kier molecular flexibility index (Phi) is 2.56. The summed E-state index contributed by atoms with van der Waals surface area (Å²) in [5, 5.41) is 8.91. The summed E-state index contributed by atoms with van der Waals surface area (Å²) in [6.07, 6.45) is 1.75. The highest BCUT2D eigenvalue weighted by atomic mass is 16.3. The highest BCUT2D eigenvalue weighted by molar-refractivity contribution is 5.60. The fourth-order valence-corrected chi connectivity index (χ4v) is 1.72. The fourth-order valence-electron chi connectivity index (χ4n) is 1.72. The van der Waals surface area contributed by atoms with E-state index in [9.17, 15) is 0 Å². The van der Waals surface area contributed by atoms with Crippen molar-refractivity contribution in [2.24, 2.45) is 0 Å². The molecule has 3 nitrogen and oxygen atoms in total. The van der Waals surface area contributed by atoms with E-state index in [1.54, 1.807) is 6.20 Å². The van der Waals surface area contributed by atoms with Crippen LogP contribution in [0, 0.1) is 13.8 Å². The van der Waals surface area contributed by atoms with Gasteiger partial charge >= 0.3 is 0 Å². The molecule has 78 valence electrons. The molecule has 0 unspecified atom stereocenters. The summed E-state index contributed by atoms with van der Waals surface area (Å²) in [4.78, 5) is 7.14.